The zero-order valence-corrected chi connectivity index (χ0v) is 16.1. The lowest BCUT2D eigenvalue weighted by Gasteiger charge is -2.21. The average Bonchev–Trinajstić information content (AvgIpc) is 2.72. The number of carbonyl (C=O) groups is 2. The predicted octanol–water partition coefficient (Wildman–Crippen LogP) is 1.49. The first-order chi connectivity index (χ1) is 13.6. The molecule has 2 rings (SSSR count). The molecule has 2 atom stereocenters. The van der Waals surface area contributed by atoms with Crippen LogP contribution in [-0.2, 0) is 22.6 Å². The third-order valence-electron chi connectivity index (χ3n) is 4.52. The van der Waals surface area contributed by atoms with Crippen molar-refractivity contribution < 1.29 is 9.59 Å². The fraction of sp³-hybridized carbons (Fsp3) is 0.364. The van der Waals surface area contributed by atoms with Crippen molar-refractivity contribution in [2.24, 2.45) is 11.5 Å². The van der Waals surface area contributed by atoms with E-state index in [1.165, 1.54) is 0 Å². The number of hydrogen-bond donors (Lipinski definition) is 4. The fourth-order valence-corrected chi connectivity index (χ4v) is 2.91. The number of unbranched alkanes of at least 4 members (excludes halogenated alkanes) is 1. The highest BCUT2D eigenvalue weighted by molar-refractivity contribution is 5.89. The molecule has 2 amide bonds. The number of nitrogens with one attached hydrogen (secondary N) is 2. The van der Waals surface area contributed by atoms with Gasteiger partial charge in [0.1, 0.15) is 6.04 Å². The van der Waals surface area contributed by atoms with Crippen LogP contribution in [0.25, 0.3) is 0 Å². The minimum absolute atomic E-state index is 0.207. The fourth-order valence-electron chi connectivity index (χ4n) is 2.91. The van der Waals surface area contributed by atoms with Crippen molar-refractivity contribution in [1.82, 2.24) is 10.6 Å². The molecule has 0 heterocycles. The van der Waals surface area contributed by atoms with Gasteiger partial charge in [0.05, 0.1) is 6.04 Å². The molecule has 0 saturated carbocycles. The number of nitrogens with two attached hydrogens (primary N) is 2. The molecule has 6 N–H and O–H groups in total. The maximum atomic E-state index is 12.6. The number of benzene rings is 2. The van der Waals surface area contributed by atoms with Gasteiger partial charge in [-0.2, -0.15) is 0 Å². The van der Waals surface area contributed by atoms with Gasteiger partial charge in [-0.15, -0.1) is 0 Å². The molecular formula is C22H30N4O2. The lowest BCUT2D eigenvalue weighted by molar-refractivity contribution is -0.129. The molecule has 0 radical (unpaired) electrons. The van der Waals surface area contributed by atoms with E-state index in [-0.39, 0.29) is 11.8 Å². The smallest absolute Gasteiger partial charge is 0.242 e. The summed E-state index contributed by atoms with van der Waals surface area (Å²) in [4.78, 5) is 25.2. The lowest BCUT2D eigenvalue weighted by atomic mass is 10.0. The maximum absolute atomic E-state index is 12.6. The van der Waals surface area contributed by atoms with Gasteiger partial charge in [0, 0.05) is 6.54 Å². The van der Waals surface area contributed by atoms with Crippen LogP contribution in [0.15, 0.2) is 60.7 Å². The Morgan fingerprint density at radius 3 is 2.07 bits per heavy atom. The van der Waals surface area contributed by atoms with Gasteiger partial charge in [-0.1, -0.05) is 60.7 Å². The van der Waals surface area contributed by atoms with Crippen molar-refractivity contribution in [3.05, 3.63) is 71.8 Å². The SMILES string of the molecule is NCCCC[C@H](NC(=O)C(N)Cc1ccccc1)C(=O)NCc1ccccc1. The Morgan fingerprint density at radius 1 is 0.857 bits per heavy atom. The molecule has 0 bridgehead atoms. The summed E-state index contributed by atoms with van der Waals surface area (Å²) in [7, 11) is 0. The van der Waals surface area contributed by atoms with Crippen molar-refractivity contribution in [1.29, 1.82) is 0 Å². The minimum atomic E-state index is -0.707. The van der Waals surface area contributed by atoms with Crippen LogP contribution < -0.4 is 22.1 Å². The highest BCUT2D eigenvalue weighted by Gasteiger charge is 2.23. The highest BCUT2D eigenvalue weighted by Crippen LogP contribution is 2.05. The summed E-state index contributed by atoms with van der Waals surface area (Å²) in [5.41, 5.74) is 13.6. The molecule has 0 aromatic heterocycles. The van der Waals surface area contributed by atoms with Crippen LogP contribution in [0.4, 0.5) is 0 Å². The van der Waals surface area contributed by atoms with Crippen LogP contribution in [0.5, 0.6) is 0 Å². The van der Waals surface area contributed by atoms with E-state index < -0.39 is 12.1 Å². The molecule has 6 heteroatoms. The second-order valence-corrected chi connectivity index (χ2v) is 6.85. The normalized spacial score (nSPS) is 12.8. The van der Waals surface area contributed by atoms with Crippen molar-refractivity contribution in [2.75, 3.05) is 6.54 Å². The van der Waals surface area contributed by atoms with Crippen LogP contribution in [0.1, 0.15) is 30.4 Å². The minimum Gasteiger partial charge on any atom is -0.350 e. The van der Waals surface area contributed by atoms with Gasteiger partial charge in [-0.05, 0) is 43.4 Å². The molecule has 2 aromatic rings. The summed E-state index contributed by atoms with van der Waals surface area (Å²) in [5, 5.41) is 5.71. The van der Waals surface area contributed by atoms with Crippen molar-refractivity contribution >= 4 is 11.8 Å². The summed E-state index contributed by atoms with van der Waals surface area (Å²) in [6.07, 6.45) is 2.51. The summed E-state index contributed by atoms with van der Waals surface area (Å²) < 4.78 is 0. The van der Waals surface area contributed by atoms with Gasteiger partial charge in [0.2, 0.25) is 11.8 Å². The first kappa shape index (κ1) is 21.6. The van der Waals surface area contributed by atoms with Gasteiger partial charge in [-0.25, -0.2) is 0 Å². The maximum Gasteiger partial charge on any atom is 0.242 e. The van der Waals surface area contributed by atoms with Crippen LogP contribution in [-0.4, -0.2) is 30.4 Å². The molecule has 0 aliphatic heterocycles. The summed E-state index contributed by atoms with van der Waals surface area (Å²) >= 11 is 0. The second kappa shape index (κ2) is 11.9. The monoisotopic (exact) mass is 382 g/mol. The third-order valence-corrected chi connectivity index (χ3v) is 4.52. The lowest BCUT2D eigenvalue weighted by Crippen LogP contribution is -2.52. The molecule has 0 fully saturated rings. The highest BCUT2D eigenvalue weighted by atomic mass is 16.2. The van der Waals surface area contributed by atoms with E-state index in [2.05, 4.69) is 10.6 Å². The summed E-state index contributed by atoms with van der Waals surface area (Å²) in [6.45, 7) is 0.971. The molecule has 150 valence electrons. The third kappa shape index (κ3) is 7.50. The Kier molecular flexibility index (Phi) is 9.18. The molecule has 28 heavy (non-hydrogen) atoms. The molecule has 0 saturated heterocycles. The van der Waals surface area contributed by atoms with Crippen LogP contribution in [0.2, 0.25) is 0 Å². The number of hydrogen-bond acceptors (Lipinski definition) is 4. The second-order valence-electron chi connectivity index (χ2n) is 6.85. The van der Waals surface area contributed by atoms with Gasteiger partial charge >= 0.3 is 0 Å². The van der Waals surface area contributed by atoms with E-state index in [1.54, 1.807) is 0 Å². The molecule has 1 unspecified atom stereocenters. The largest absolute Gasteiger partial charge is 0.350 e. The molecular weight excluding hydrogens is 352 g/mol. The van der Waals surface area contributed by atoms with E-state index >= 15 is 0 Å². The Morgan fingerprint density at radius 2 is 1.46 bits per heavy atom. The zero-order valence-electron chi connectivity index (χ0n) is 16.1. The molecule has 0 aliphatic carbocycles. The number of carbonyl (C=O) groups excluding carboxylic acids is 2. The van der Waals surface area contributed by atoms with Crippen molar-refractivity contribution in [3.63, 3.8) is 0 Å². The van der Waals surface area contributed by atoms with Gasteiger partial charge in [-0.3, -0.25) is 9.59 Å². The number of amides is 2. The van der Waals surface area contributed by atoms with Gasteiger partial charge in [0.15, 0.2) is 0 Å². The summed E-state index contributed by atoms with van der Waals surface area (Å²) in [6, 6.07) is 17.9. The number of rotatable bonds is 11. The van der Waals surface area contributed by atoms with Crippen LogP contribution in [0, 0.1) is 0 Å². The first-order valence-electron chi connectivity index (χ1n) is 9.71. The molecule has 0 aliphatic rings. The Hall–Kier alpha value is -2.70. The van der Waals surface area contributed by atoms with Gasteiger partial charge < -0.3 is 22.1 Å². The zero-order chi connectivity index (χ0) is 20.2. The van der Waals surface area contributed by atoms with Crippen LogP contribution >= 0.6 is 0 Å². The Balaban J connectivity index is 1.92. The van der Waals surface area contributed by atoms with Crippen molar-refractivity contribution in [3.8, 4) is 0 Å². The van der Waals surface area contributed by atoms with Crippen LogP contribution in [0.3, 0.4) is 0 Å². The van der Waals surface area contributed by atoms with Gasteiger partial charge in [0.25, 0.3) is 0 Å². The molecule has 0 spiro atoms. The standard InChI is InChI=1S/C22H30N4O2/c23-14-8-7-13-20(22(28)25-16-18-11-5-2-6-12-18)26-21(27)19(24)15-17-9-3-1-4-10-17/h1-6,9-12,19-20H,7-8,13-16,23-24H2,(H,25,28)(H,26,27)/t19?,20-/m0/s1. The Bertz CT molecular complexity index is 722. The van der Waals surface area contributed by atoms with E-state index in [9.17, 15) is 9.59 Å². The van der Waals surface area contributed by atoms with E-state index in [0.717, 1.165) is 24.0 Å². The summed E-state index contributed by atoms with van der Waals surface area (Å²) in [5.74, 6) is -0.530. The Labute approximate surface area is 166 Å². The van der Waals surface area contributed by atoms with E-state index in [1.807, 2.05) is 60.7 Å². The topological polar surface area (TPSA) is 110 Å². The molecule has 6 nitrogen and oxygen atoms in total. The first-order valence-corrected chi connectivity index (χ1v) is 9.71. The quantitative estimate of drug-likeness (QED) is 0.441. The molecule has 2 aromatic carbocycles. The van der Waals surface area contributed by atoms with E-state index in [4.69, 9.17) is 11.5 Å². The average molecular weight is 383 g/mol. The predicted molar refractivity (Wildman–Crippen MR) is 111 cm³/mol. The van der Waals surface area contributed by atoms with E-state index in [0.29, 0.717) is 25.9 Å². The van der Waals surface area contributed by atoms with Crippen molar-refractivity contribution in [2.45, 2.75) is 44.3 Å².